The number of hydrogen-bond donors (Lipinski definition) is 1. The van der Waals surface area contributed by atoms with Gasteiger partial charge in [0.05, 0.1) is 0 Å². The standard InChI is InChI=1S/C13H28N2O2/c1-4-16-13(17-5-2)10-15-8-6-12(7-9-15)11(3)14/h11-13H,4-10,14H2,1-3H3. The molecule has 0 aromatic carbocycles. The Morgan fingerprint density at radius 2 is 1.71 bits per heavy atom. The van der Waals surface area contributed by atoms with Crippen LogP contribution >= 0.6 is 0 Å². The van der Waals surface area contributed by atoms with E-state index in [9.17, 15) is 0 Å². The maximum atomic E-state index is 5.94. The summed E-state index contributed by atoms with van der Waals surface area (Å²) in [5.74, 6) is 0.684. The molecule has 2 N–H and O–H groups in total. The summed E-state index contributed by atoms with van der Waals surface area (Å²) in [4.78, 5) is 2.43. The van der Waals surface area contributed by atoms with Crippen molar-refractivity contribution >= 4 is 0 Å². The van der Waals surface area contributed by atoms with Gasteiger partial charge in [0.2, 0.25) is 0 Å². The van der Waals surface area contributed by atoms with E-state index in [4.69, 9.17) is 15.2 Å². The van der Waals surface area contributed by atoms with E-state index in [-0.39, 0.29) is 6.29 Å². The van der Waals surface area contributed by atoms with Crippen LogP contribution in [0.2, 0.25) is 0 Å². The Balaban J connectivity index is 2.27. The lowest BCUT2D eigenvalue weighted by Gasteiger charge is -2.35. The Hall–Kier alpha value is -0.160. The molecule has 1 fully saturated rings. The maximum absolute atomic E-state index is 5.94. The van der Waals surface area contributed by atoms with Gasteiger partial charge < -0.3 is 15.2 Å². The lowest BCUT2D eigenvalue weighted by atomic mass is 9.91. The van der Waals surface area contributed by atoms with Crippen molar-refractivity contribution in [1.82, 2.24) is 4.90 Å². The van der Waals surface area contributed by atoms with Gasteiger partial charge >= 0.3 is 0 Å². The first-order valence-corrected chi connectivity index (χ1v) is 6.88. The van der Waals surface area contributed by atoms with Gasteiger partial charge in [-0.1, -0.05) is 0 Å². The van der Waals surface area contributed by atoms with Crippen molar-refractivity contribution < 1.29 is 9.47 Å². The number of nitrogens with two attached hydrogens (primary N) is 1. The number of nitrogens with zero attached hydrogens (tertiary/aromatic N) is 1. The quantitative estimate of drug-likeness (QED) is 0.689. The molecule has 0 bridgehead atoms. The minimum absolute atomic E-state index is 0.0724. The van der Waals surface area contributed by atoms with Crippen molar-refractivity contribution in [3.63, 3.8) is 0 Å². The average Bonchev–Trinajstić information content (AvgIpc) is 2.30. The van der Waals surface area contributed by atoms with E-state index < -0.39 is 0 Å². The first-order valence-electron chi connectivity index (χ1n) is 6.88. The second-order valence-corrected chi connectivity index (χ2v) is 4.84. The molecule has 1 saturated heterocycles. The minimum Gasteiger partial charge on any atom is -0.352 e. The van der Waals surface area contributed by atoms with Crippen molar-refractivity contribution in [3.05, 3.63) is 0 Å². The van der Waals surface area contributed by atoms with Gasteiger partial charge in [0, 0.05) is 25.8 Å². The van der Waals surface area contributed by atoms with E-state index in [1.807, 2.05) is 13.8 Å². The monoisotopic (exact) mass is 244 g/mol. The summed E-state index contributed by atoms with van der Waals surface area (Å²) in [5, 5.41) is 0. The smallest absolute Gasteiger partial charge is 0.170 e. The number of ether oxygens (including phenoxy) is 2. The van der Waals surface area contributed by atoms with Crippen LogP contribution in [0.25, 0.3) is 0 Å². The summed E-state index contributed by atoms with van der Waals surface area (Å²) in [6, 6.07) is 0.326. The molecule has 1 atom stereocenters. The fourth-order valence-electron chi connectivity index (χ4n) is 2.40. The fraction of sp³-hybridized carbons (Fsp3) is 1.00. The normalized spacial score (nSPS) is 21.0. The summed E-state index contributed by atoms with van der Waals surface area (Å²) in [6.45, 7) is 10.7. The lowest BCUT2D eigenvalue weighted by Crippen LogP contribution is -2.43. The van der Waals surface area contributed by atoms with Gasteiger partial charge in [-0.25, -0.2) is 0 Å². The number of rotatable bonds is 7. The predicted octanol–water partition coefficient (Wildman–Crippen LogP) is 1.44. The van der Waals surface area contributed by atoms with Gasteiger partial charge in [-0.05, 0) is 52.6 Å². The van der Waals surface area contributed by atoms with E-state index in [0.29, 0.717) is 25.2 Å². The van der Waals surface area contributed by atoms with Gasteiger partial charge in [-0.2, -0.15) is 0 Å². The first kappa shape index (κ1) is 14.9. The van der Waals surface area contributed by atoms with Crippen LogP contribution in [-0.2, 0) is 9.47 Å². The number of piperidine rings is 1. The summed E-state index contributed by atoms with van der Waals surface area (Å²) >= 11 is 0. The Labute approximate surface area is 105 Å². The number of hydrogen-bond acceptors (Lipinski definition) is 4. The molecule has 17 heavy (non-hydrogen) atoms. The molecule has 0 radical (unpaired) electrons. The van der Waals surface area contributed by atoms with Crippen LogP contribution in [0.3, 0.4) is 0 Å². The second kappa shape index (κ2) is 8.03. The maximum Gasteiger partial charge on any atom is 0.170 e. The second-order valence-electron chi connectivity index (χ2n) is 4.84. The van der Waals surface area contributed by atoms with Crippen LogP contribution in [0.5, 0.6) is 0 Å². The molecule has 0 aromatic rings. The Morgan fingerprint density at radius 3 is 2.12 bits per heavy atom. The SMILES string of the molecule is CCOC(CN1CCC(C(C)N)CC1)OCC. The third-order valence-electron chi connectivity index (χ3n) is 3.49. The first-order chi connectivity index (χ1) is 8.17. The molecule has 102 valence electrons. The van der Waals surface area contributed by atoms with Gasteiger partial charge in [-0.3, -0.25) is 4.90 Å². The van der Waals surface area contributed by atoms with E-state index >= 15 is 0 Å². The van der Waals surface area contributed by atoms with Gasteiger partial charge in [0.15, 0.2) is 6.29 Å². The molecule has 0 spiro atoms. The fourth-order valence-corrected chi connectivity index (χ4v) is 2.40. The van der Waals surface area contributed by atoms with Crippen LogP contribution in [0.15, 0.2) is 0 Å². The molecule has 4 nitrogen and oxygen atoms in total. The zero-order chi connectivity index (χ0) is 12.7. The zero-order valence-electron chi connectivity index (χ0n) is 11.5. The van der Waals surface area contributed by atoms with E-state index in [1.54, 1.807) is 0 Å². The molecule has 1 unspecified atom stereocenters. The third kappa shape index (κ3) is 5.34. The van der Waals surface area contributed by atoms with Crippen LogP contribution < -0.4 is 5.73 Å². The minimum atomic E-state index is -0.0724. The molecule has 0 amide bonds. The van der Waals surface area contributed by atoms with Crippen molar-refractivity contribution in [2.24, 2.45) is 11.7 Å². The molecule has 0 saturated carbocycles. The Bertz CT molecular complexity index is 186. The molecular weight excluding hydrogens is 216 g/mol. The van der Waals surface area contributed by atoms with Gasteiger partial charge in [0.25, 0.3) is 0 Å². The molecule has 1 aliphatic heterocycles. The topological polar surface area (TPSA) is 47.7 Å². The molecule has 1 heterocycles. The Kier molecular flexibility index (Phi) is 7.04. The van der Waals surface area contributed by atoms with E-state index in [2.05, 4.69) is 11.8 Å². The molecule has 1 aliphatic rings. The van der Waals surface area contributed by atoms with Crippen LogP contribution in [-0.4, -0.2) is 50.1 Å². The van der Waals surface area contributed by atoms with Crippen LogP contribution in [0.4, 0.5) is 0 Å². The van der Waals surface area contributed by atoms with Crippen LogP contribution in [0, 0.1) is 5.92 Å². The highest BCUT2D eigenvalue weighted by atomic mass is 16.7. The molecule has 4 heteroatoms. The molecule has 0 aromatic heterocycles. The summed E-state index contributed by atoms with van der Waals surface area (Å²) < 4.78 is 11.1. The van der Waals surface area contributed by atoms with E-state index in [0.717, 1.165) is 19.6 Å². The lowest BCUT2D eigenvalue weighted by molar-refractivity contribution is -0.149. The zero-order valence-corrected chi connectivity index (χ0v) is 11.5. The average molecular weight is 244 g/mol. The van der Waals surface area contributed by atoms with Crippen molar-refractivity contribution in [2.45, 2.75) is 45.9 Å². The summed E-state index contributed by atoms with van der Waals surface area (Å²) in [6.07, 6.45) is 2.32. The largest absolute Gasteiger partial charge is 0.352 e. The van der Waals surface area contributed by atoms with Crippen LogP contribution in [0.1, 0.15) is 33.6 Å². The van der Waals surface area contributed by atoms with E-state index in [1.165, 1.54) is 12.8 Å². The highest BCUT2D eigenvalue weighted by Crippen LogP contribution is 2.19. The van der Waals surface area contributed by atoms with Gasteiger partial charge in [-0.15, -0.1) is 0 Å². The Morgan fingerprint density at radius 1 is 1.18 bits per heavy atom. The highest BCUT2D eigenvalue weighted by Gasteiger charge is 2.23. The molecule has 0 aliphatic carbocycles. The number of likely N-dealkylation sites (tertiary alicyclic amines) is 1. The highest BCUT2D eigenvalue weighted by molar-refractivity contribution is 4.77. The summed E-state index contributed by atoms with van der Waals surface area (Å²) in [5.41, 5.74) is 5.94. The van der Waals surface area contributed by atoms with Crippen molar-refractivity contribution in [2.75, 3.05) is 32.8 Å². The van der Waals surface area contributed by atoms with Crippen molar-refractivity contribution in [3.8, 4) is 0 Å². The van der Waals surface area contributed by atoms with Gasteiger partial charge in [0.1, 0.15) is 0 Å². The predicted molar refractivity (Wildman–Crippen MR) is 69.9 cm³/mol. The molecular formula is C13H28N2O2. The molecule has 1 rings (SSSR count). The third-order valence-corrected chi connectivity index (χ3v) is 3.49. The van der Waals surface area contributed by atoms with Crippen molar-refractivity contribution in [1.29, 1.82) is 0 Å². The summed E-state index contributed by atoms with van der Waals surface area (Å²) in [7, 11) is 0.